The third-order valence-corrected chi connectivity index (χ3v) is 4.48. The summed E-state index contributed by atoms with van der Waals surface area (Å²) >= 11 is 0. The van der Waals surface area contributed by atoms with E-state index < -0.39 is 17.6 Å². The average Bonchev–Trinajstić information content (AvgIpc) is 3.16. The van der Waals surface area contributed by atoms with E-state index in [1.54, 1.807) is 23.7 Å². The number of nitrogens with one attached hydrogen (secondary N) is 1. The highest BCUT2D eigenvalue weighted by atomic mass is 19.1. The summed E-state index contributed by atoms with van der Waals surface area (Å²) in [4.78, 5) is 22.9. The molecule has 0 fully saturated rings. The fraction of sp³-hybridized carbons (Fsp3) is 0.167. The summed E-state index contributed by atoms with van der Waals surface area (Å²) in [5, 5.41) is 9.15. The van der Waals surface area contributed by atoms with Gasteiger partial charge in [0.15, 0.2) is 5.82 Å². The van der Waals surface area contributed by atoms with Crippen molar-refractivity contribution in [3.63, 3.8) is 0 Å². The predicted octanol–water partition coefficient (Wildman–Crippen LogP) is 3.58. The highest BCUT2D eigenvalue weighted by Crippen LogP contribution is 2.28. The number of aryl methyl sites for hydroxylation is 1. The maximum absolute atomic E-state index is 13.9. The molecule has 0 amide bonds. The number of hydrogen-bond donors (Lipinski definition) is 2. The number of carboxylic acid groups (broad SMARTS) is 1. The lowest BCUT2D eigenvalue weighted by Gasteiger charge is -2.08. The van der Waals surface area contributed by atoms with Gasteiger partial charge in [-0.25, -0.2) is 23.5 Å². The molecule has 1 unspecified atom stereocenters. The SMILES string of the molecule is CC(c1nc2c(F)cc(F)cc2[nH]1)c1nc2ccc(C(=O)O)cc2n1C. The first-order chi connectivity index (χ1) is 12.3. The van der Waals surface area contributed by atoms with Crippen LogP contribution >= 0.6 is 0 Å². The van der Waals surface area contributed by atoms with Gasteiger partial charge in [-0.1, -0.05) is 0 Å². The molecule has 0 bridgehead atoms. The number of fused-ring (bicyclic) bond motifs is 2. The monoisotopic (exact) mass is 356 g/mol. The van der Waals surface area contributed by atoms with E-state index in [9.17, 15) is 13.6 Å². The van der Waals surface area contributed by atoms with E-state index in [1.807, 2.05) is 6.92 Å². The van der Waals surface area contributed by atoms with Crippen LogP contribution in [0.3, 0.4) is 0 Å². The quantitative estimate of drug-likeness (QED) is 0.588. The summed E-state index contributed by atoms with van der Waals surface area (Å²) in [7, 11) is 1.77. The van der Waals surface area contributed by atoms with E-state index >= 15 is 0 Å². The summed E-state index contributed by atoms with van der Waals surface area (Å²) in [6.07, 6.45) is 0. The topological polar surface area (TPSA) is 83.8 Å². The van der Waals surface area contributed by atoms with Gasteiger partial charge in [0, 0.05) is 13.1 Å². The fourth-order valence-corrected chi connectivity index (χ4v) is 3.12. The van der Waals surface area contributed by atoms with Gasteiger partial charge in [0.1, 0.15) is 23.0 Å². The maximum atomic E-state index is 13.9. The summed E-state index contributed by atoms with van der Waals surface area (Å²) < 4.78 is 29.1. The molecule has 1 atom stereocenters. The van der Waals surface area contributed by atoms with E-state index in [-0.39, 0.29) is 22.5 Å². The third kappa shape index (κ3) is 2.42. The van der Waals surface area contributed by atoms with Crippen molar-refractivity contribution in [2.75, 3.05) is 0 Å². The normalized spacial score (nSPS) is 12.8. The second-order valence-electron chi connectivity index (χ2n) is 6.17. The molecule has 26 heavy (non-hydrogen) atoms. The summed E-state index contributed by atoms with van der Waals surface area (Å²) in [5.41, 5.74) is 1.82. The molecule has 8 heteroatoms. The van der Waals surface area contributed by atoms with Crippen LogP contribution in [-0.2, 0) is 7.05 Å². The zero-order valence-electron chi connectivity index (χ0n) is 13.9. The van der Waals surface area contributed by atoms with Crippen molar-refractivity contribution in [2.24, 2.45) is 7.05 Å². The summed E-state index contributed by atoms with van der Waals surface area (Å²) in [5.74, 6) is -1.69. The molecule has 0 aliphatic carbocycles. The average molecular weight is 356 g/mol. The van der Waals surface area contributed by atoms with Crippen LogP contribution in [0, 0.1) is 11.6 Å². The minimum atomic E-state index is -1.02. The van der Waals surface area contributed by atoms with E-state index in [1.165, 1.54) is 12.1 Å². The smallest absolute Gasteiger partial charge is 0.335 e. The number of nitrogens with zero attached hydrogens (tertiary/aromatic N) is 3. The molecule has 6 nitrogen and oxygen atoms in total. The minimum absolute atomic E-state index is 0.0696. The number of aromatic carboxylic acids is 1. The van der Waals surface area contributed by atoms with Gasteiger partial charge in [0.05, 0.1) is 28.0 Å². The molecule has 0 saturated heterocycles. The first-order valence-corrected chi connectivity index (χ1v) is 7.89. The van der Waals surface area contributed by atoms with E-state index in [4.69, 9.17) is 5.11 Å². The number of aromatic amines is 1. The second kappa shape index (κ2) is 5.62. The molecule has 2 heterocycles. The Bertz CT molecular complexity index is 1180. The van der Waals surface area contributed by atoms with Crippen LogP contribution in [-0.4, -0.2) is 30.6 Å². The molecule has 4 aromatic rings. The van der Waals surface area contributed by atoms with Crippen LogP contribution in [0.5, 0.6) is 0 Å². The van der Waals surface area contributed by atoms with Crippen molar-refractivity contribution in [2.45, 2.75) is 12.8 Å². The van der Waals surface area contributed by atoms with Gasteiger partial charge in [0.25, 0.3) is 0 Å². The number of aromatic nitrogens is 4. The second-order valence-corrected chi connectivity index (χ2v) is 6.17. The van der Waals surface area contributed by atoms with Crippen LogP contribution in [0.2, 0.25) is 0 Å². The molecule has 0 radical (unpaired) electrons. The van der Waals surface area contributed by atoms with Crippen LogP contribution < -0.4 is 0 Å². The lowest BCUT2D eigenvalue weighted by atomic mass is 10.1. The Kier molecular flexibility index (Phi) is 3.50. The van der Waals surface area contributed by atoms with Crippen LogP contribution in [0.25, 0.3) is 22.1 Å². The van der Waals surface area contributed by atoms with Crippen molar-refractivity contribution in [3.05, 3.63) is 59.2 Å². The number of benzene rings is 2. The van der Waals surface area contributed by atoms with Crippen molar-refractivity contribution in [1.82, 2.24) is 19.5 Å². The largest absolute Gasteiger partial charge is 0.478 e. The highest BCUT2D eigenvalue weighted by Gasteiger charge is 2.21. The maximum Gasteiger partial charge on any atom is 0.335 e. The number of rotatable bonds is 3. The molecule has 0 aliphatic heterocycles. The molecular formula is C18H14F2N4O2. The van der Waals surface area contributed by atoms with Crippen LogP contribution in [0.4, 0.5) is 8.78 Å². The van der Waals surface area contributed by atoms with Crippen molar-refractivity contribution in [3.8, 4) is 0 Å². The van der Waals surface area contributed by atoms with Gasteiger partial charge < -0.3 is 14.7 Å². The van der Waals surface area contributed by atoms with Crippen molar-refractivity contribution >= 4 is 28.0 Å². The Morgan fingerprint density at radius 3 is 2.73 bits per heavy atom. The predicted molar refractivity (Wildman–Crippen MR) is 91.2 cm³/mol. The molecule has 132 valence electrons. The van der Waals surface area contributed by atoms with Gasteiger partial charge in [-0.15, -0.1) is 0 Å². The summed E-state index contributed by atoms with van der Waals surface area (Å²) in [6, 6.07) is 6.67. The highest BCUT2D eigenvalue weighted by molar-refractivity contribution is 5.92. The molecule has 2 aromatic carbocycles. The van der Waals surface area contributed by atoms with Gasteiger partial charge >= 0.3 is 5.97 Å². The third-order valence-electron chi connectivity index (χ3n) is 4.48. The molecule has 4 rings (SSSR count). The Morgan fingerprint density at radius 1 is 1.23 bits per heavy atom. The zero-order valence-corrected chi connectivity index (χ0v) is 13.9. The molecule has 0 aliphatic rings. The van der Waals surface area contributed by atoms with E-state index in [0.29, 0.717) is 22.7 Å². The fourth-order valence-electron chi connectivity index (χ4n) is 3.12. The Morgan fingerprint density at radius 2 is 2.00 bits per heavy atom. The number of halogens is 2. The van der Waals surface area contributed by atoms with Crippen molar-refractivity contribution in [1.29, 1.82) is 0 Å². The van der Waals surface area contributed by atoms with Crippen LogP contribution in [0.1, 0.15) is 34.8 Å². The Hall–Kier alpha value is -3.29. The lowest BCUT2D eigenvalue weighted by Crippen LogP contribution is -2.06. The Balaban J connectivity index is 1.83. The van der Waals surface area contributed by atoms with Gasteiger partial charge in [-0.2, -0.15) is 0 Å². The van der Waals surface area contributed by atoms with E-state index in [2.05, 4.69) is 15.0 Å². The van der Waals surface area contributed by atoms with Gasteiger partial charge in [-0.3, -0.25) is 0 Å². The molecule has 0 saturated carbocycles. The van der Waals surface area contributed by atoms with Gasteiger partial charge in [0.2, 0.25) is 0 Å². The number of hydrogen-bond acceptors (Lipinski definition) is 3. The Labute approximate surface area is 146 Å². The zero-order chi connectivity index (χ0) is 18.6. The number of H-pyrrole nitrogens is 1. The number of carbonyl (C=O) groups is 1. The molecule has 0 spiro atoms. The minimum Gasteiger partial charge on any atom is -0.478 e. The van der Waals surface area contributed by atoms with E-state index in [0.717, 1.165) is 6.07 Å². The lowest BCUT2D eigenvalue weighted by molar-refractivity contribution is 0.0697. The van der Waals surface area contributed by atoms with Crippen molar-refractivity contribution < 1.29 is 18.7 Å². The standard InChI is InChI=1S/C18H14F2N4O2/c1-8(16-21-13-7-10(19)6-11(20)15(13)23-16)17-22-12-4-3-9(18(25)26)5-14(12)24(17)2/h3-8H,1-2H3,(H,21,23)(H,25,26). The van der Waals surface area contributed by atoms with Gasteiger partial charge in [-0.05, 0) is 31.2 Å². The number of imidazole rings is 2. The molecular weight excluding hydrogens is 342 g/mol. The van der Waals surface area contributed by atoms with Crippen LogP contribution in [0.15, 0.2) is 30.3 Å². The summed E-state index contributed by atoms with van der Waals surface area (Å²) in [6.45, 7) is 1.84. The molecule has 2 aromatic heterocycles. The molecule has 2 N–H and O–H groups in total. The number of carboxylic acids is 1. The first-order valence-electron chi connectivity index (χ1n) is 7.89. The first kappa shape index (κ1) is 16.2.